The van der Waals surface area contributed by atoms with E-state index < -0.39 is 0 Å². The molecule has 0 saturated heterocycles. The summed E-state index contributed by atoms with van der Waals surface area (Å²) >= 11 is 0. The molecule has 2 N–H and O–H groups in total. The van der Waals surface area contributed by atoms with Crippen molar-refractivity contribution in [2.45, 2.75) is 13.3 Å². The van der Waals surface area contributed by atoms with Crippen molar-refractivity contribution in [1.29, 1.82) is 0 Å². The fraction of sp³-hybridized carbons (Fsp3) is 0.444. The number of hydrogen-bond acceptors (Lipinski definition) is 5. The van der Waals surface area contributed by atoms with E-state index >= 15 is 0 Å². The molecule has 0 atom stereocenters. The fourth-order valence-electron chi connectivity index (χ4n) is 1.26. The molecule has 80 valence electrons. The molecule has 2 heterocycles. The van der Waals surface area contributed by atoms with E-state index in [1.165, 1.54) is 0 Å². The highest BCUT2D eigenvalue weighted by molar-refractivity contribution is 5.53. The normalized spacial score (nSPS) is 10.8. The van der Waals surface area contributed by atoms with Crippen molar-refractivity contribution >= 4 is 0 Å². The van der Waals surface area contributed by atoms with Crippen LogP contribution in [0.15, 0.2) is 10.6 Å². The Labute approximate surface area is 87.1 Å². The zero-order valence-electron chi connectivity index (χ0n) is 8.74. The second-order valence-electron chi connectivity index (χ2n) is 3.26. The third-order valence-corrected chi connectivity index (χ3v) is 2.12. The number of aryl methyl sites for hydroxylation is 1. The Morgan fingerprint density at radius 3 is 3.00 bits per heavy atom. The molecule has 6 heteroatoms. The lowest BCUT2D eigenvalue weighted by molar-refractivity contribution is 0.500. The summed E-state index contributed by atoms with van der Waals surface area (Å²) in [7, 11) is 1.89. The Kier molecular flexibility index (Phi) is 2.77. The first-order chi connectivity index (χ1) is 7.31. The summed E-state index contributed by atoms with van der Waals surface area (Å²) in [5.41, 5.74) is 1.79. The van der Waals surface area contributed by atoms with Crippen molar-refractivity contribution in [2.75, 3.05) is 13.6 Å². The number of aromatic nitrogens is 4. The van der Waals surface area contributed by atoms with Gasteiger partial charge in [0.25, 0.3) is 5.89 Å². The molecule has 0 aliphatic heterocycles. The minimum Gasteiger partial charge on any atom is -0.421 e. The topological polar surface area (TPSA) is 79.6 Å². The van der Waals surface area contributed by atoms with Crippen LogP contribution in [0.3, 0.4) is 0 Å². The number of hydrogen-bond donors (Lipinski definition) is 2. The van der Waals surface area contributed by atoms with Crippen molar-refractivity contribution in [3.05, 3.63) is 17.8 Å². The standard InChI is InChI=1S/C9H13N5O/c1-6-7(5-11-12-6)9-14-13-8(15-9)3-4-10-2/h5,10H,3-4H2,1-2H3,(H,11,12). The molecule has 15 heavy (non-hydrogen) atoms. The third kappa shape index (κ3) is 2.04. The molecule has 0 bridgehead atoms. The van der Waals surface area contributed by atoms with Gasteiger partial charge in [-0.3, -0.25) is 5.10 Å². The summed E-state index contributed by atoms with van der Waals surface area (Å²) in [6.07, 6.45) is 2.42. The molecule has 2 rings (SSSR count). The molecule has 0 amide bonds. The summed E-state index contributed by atoms with van der Waals surface area (Å²) < 4.78 is 5.49. The Hall–Kier alpha value is -1.69. The minimum atomic E-state index is 0.521. The second kappa shape index (κ2) is 4.22. The van der Waals surface area contributed by atoms with Crippen LogP contribution in [-0.4, -0.2) is 34.0 Å². The van der Waals surface area contributed by atoms with Gasteiger partial charge >= 0.3 is 0 Å². The van der Waals surface area contributed by atoms with E-state index in [0.717, 1.165) is 24.2 Å². The zero-order valence-corrected chi connectivity index (χ0v) is 8.74. The molecule has 0 saturated carbocycles. The number of likely N-dealkylation sites (N-methyl/N-ethyl adjacent to an activating group) is 1. The fourth-order valence-corrected chi connectivity index (χ4v) is 1.26. The van der Waals surface area contributed by atoms with E-state index in [-0.39, 0.29) is 0 Å². The van der Waals surface area contributed by atoms with Crippen molar-refractivity contribution in [1.82, 2.24) is 25.7 Å². The number of nitrogens with one attached hydrogen (secondary N) is 2. The Bertz CT molecular complexity index is 433. The predicted octanol–water partition coefficient (Wildman–Crippen LogP) is 0.530. The maximum Gasteiger partial charge on any atom is 0.251 e. The SMILES string of the molecule is CNCCc1nnc(-c2cn[nH]c2C)o1. The van der Waals surface area contributed by atoms with Gasteiger partial charge in [0.2, 0.25) is 5.89 Å². The van der Waals surface area contributed by atoms with E-state index in [4.69, 9.17) is 4.42 Å². The lowest BCUT2D eigenvalue weighted by atomic mass is 10.3. The van der Waals surface area contributed by atoms with E-state index in [9.17, 15) is 0 Å². The van der Waals surface area contributed by atoms with Gasteiger partial charge in [0.1, 0.15) is 0 Å². The van der Waals surface area contributed by atoms with Crippen LogP contribution in [0.1, 0.15) is 11.6 Å². The third-order valence-electron chi connectivity index (χ3n) is 2.12. The molecule has 2 aromatic rings. The quantitative estimate of drug-likeness (QED) is 0.764. The smallest absolute Gasteiger partial charge is 0.251 e. The van der Waals surface area contributed by atoms with E-state index in [0.29, 0.717) is 11.8 Å². The van der Waals surface area contributed by atoms with Gasteiger partial charge in [0.05, 0.1) is 11.8 Å². The van der Waals surface area contributed by atoms with Crippen LogP contribution in [0.2, 0.25) is 0 Å². The molecular formula is C9H13N5O. The van der Waals surface area contributed by atoms with Gasteiger partial charge in [-0.25, -0.2) is 0 Å². The molecule has 6 nitrogen and oxygen atoms in total. The number of nitrogens with zero attached hydrogens (tertiary/aromatic N) is 3. The molecule has 0 spiro atoms. The maximum atomic E-state index is 5.49. The highest BCUT2D eigenvalue weighted by Crippen LogP contribution is 2.19. The number of aromatic amines is 1. The van der Waals surface area contributed by atoms with Crippen LogP contribution in [0, 0.1) is 6.92 Å². The summed E-state index contributed by atoms with van der Waals surface area (Å²) in [5, 5.41) is 17.7. The van der Waals surface area contributed by atoms with Gasteiger partial charge in [0.15, 0.2) is 0 Å². The molecule has 0 aliphatic rings. The van der Waals surface area contributed by atoms with Crippen LogP contribution in [0.5, 0.6) is 0 Å². The first-order valence-electron chi connectivity index (χ1n) is 4.78. The monoisotopic (exact) mass is 207 g/mol. The molecule has 0 aromatic carbocycles. The molecule has 0 radical (unpaired) electrons. The molecule has 0 fully saturated rings. The summed E-state index contributed by atoms with van der Waals surface area (Å²) in [6, 6.07) is 0. The zero-order chi connectivity index (χ0) is 10.7. The average molecular weight is 207 g/mol. The van der Waals surface area contributed by atoms with Crippen molar-refractivity contribution in [3.8, 4) is 11.5 Å². The van der Waals surface area contributed by atoms with Gasteiger partial charge in [-0.15, -0.1) is 10.2 Å². The molecule has 0 aliphatic carbocycles. The van der Waals surface area contributed by atoms with Gasteiger partial charge in [0, 0.05) is 18.7 Å². The van der Waals surface area contributed by atoms with Gasteiger partial charge in [-0.1, -0.05) is 0 Å². The van der Waals surface area contributed by atoms with Gasteiger partial charge in [-0.05, 0) is 14.0 Å². The van der Waals surface area contributed by atoms with Crippen molar-refractivity contribution in [2.24, 2.45) is 0 Å². The largest absolute Gasteiger partial charge is 0.421 e. The van der Waals surface area contributed by atoms with Crippen LogP contribution in [0.25, 0.3) is 11.5 Å². The van der Waals surface area contributed by atoms with Crippen molar-refractivity contribution in [3.63, 3.8) is 0 Å². The predicted molar refractivity (Wildman–Crippen MR) is 54.2 cm³/mol. The Morgan fingerprint density at radius 2 is 2.33 bits per heavy atom. The summed E-state index contributed by atoms with van der Waals surface area (Å²) in [4.78, 5) is 0. The van der Waals surface area contributed by atoms with Gasteiger partial charge < -0.3 is 9.73 Å². The van der Waals surface area contributed by atoms with Gasteiger partial charge in [-0.2, -0.15) is 5.10 Å². The van der Waals surface area contributed by atoms with E-state index in [2.05, 4.69) is 25.7 Å². The number of H-pyrrole nitrogens is 1. The van der Waals surface area contributed by atoms with Crippen molar-refractivity contribution < 1.29 is 4.42 Å². The Balaban J connectivity index is 2.17. The number of rotatable bonds is 4. The summed E-state index contributed by atoms with van der Waals surface area (Å²) in [6.45, 7) is 2.74. The first kappa shape index (κ1) is 9.85. The Morgan fingerprint density at radius 1 is 1.47 bits per heavy atom. The molecule has 2 aromatic heterocycles. The second-order valence-corrected chi connectivity index (χ2v) is 3.26. The van der Waals surface area contributed by atoms with Crippen LogP contribution in [-0.2, 0) is 6.42 Å². The van der Waals surface area contributed by atoms with E-state index in [1.807, 2.05) is 14.0 Å². The minimum absolute atomic E-state index is 0.521. The average Bonchev–Trinajstić information content (AvgIpc) is 2.83. The molecular weight excluding hydrogens is 194 g/mol. The first-order valence-corrected chi connectivity index (χ1v) is 4.78. The summed E-state index contributed by atoms with van der Waals surface area (Å²) in [5.74, 6) is 1.16. The highest BCUT2D eigenvalue weighted by atomic mass is 16.4. The van der Waals surface area contributed by atoms with Crippen LogP contribution < -0.4 is 5.32 Å². The van der Waals surface area contributed by atoms with Crippen LogP contribution >= 0.6 is 0 Å². The molecule has 0 unspecified atom stereocenters. The van der Waals surface area contributed by atoms with E-state index in [1.54, 1.807) is 6.20 Å². The highest BCUT2D eigenvalue weighted by Gasteiger charge is 2.11. The maximum absolute atomic E-state index is 5.49. The lowest BCUT2D eigenvalue weighted by Gasteiger charge is -1.92. The lowest BCUT2D eigenvalue weighted by Crippen LogP contribution is -2.10. The van der Waals surface area contributed by atoms with Crippen LogP contribution in [0.4, 0.5) is 0 Å².